The van der Waals surface area contributed by atoms with E-state index in [-0.39, 0.29) is 18.3 Å². The van der Waals surface area contributed by atoms with Crippen LogP contribution in [0.3, 0.4) is 0 Å². The lowest BCUT2D eigenvalue weighted by Gasteiger charge is -2.13. The summed E-state index contributed by atoms with van der Waals surface area (Å²) in [6, 6.07) is 5.82. The predicted molar refractivity (Wildman–Crippen MR) is 112 cm³/mol. The van der Waals surface area contributed by atoms with Crippen molar-refractivity contribution in [1.29, 1.82) is 0 Å². The van der Waals surface area contributed by atoms with Gasteiger partial charge in [-0.2, -0.15) is 5.10 Å². The molecule has 2 aromatic rings. The molecular formula is C21H26ClFN4O2. The minimum Gasteiger partial charge on any atom is -0.369 e. The van der Waals surface area contributed by atoms with Crippen molar-refractivity contribution in [3.63, 3.8) is 0 Å². The zero-order chi connectivity index (χ0) is 21.4. The fraction of sp³-hybridized carbons (Fsp3) is 0.381. The summed E-state index contributed by atoms with van der Waals surface area (Å²) in [5, 5.41) is 7.56. The van der Waals surface area contributed by atoms with Crippen LogP contribution in [-0.4, -0.2) is 28.1 Å². The number of hydrogen-bond acceptors (Lipinski definition) is 3. The van der Waals surface area contributed by atoms with Gasteiger partial charge in [0.05, 0.1) is 11.6 Å². The first-order valence-electron chi connectivity index (χ1n) is 9.54. The third-order valence-electron chi connectivity index (χ3n) is 4.55. The Morgan fingerprint density at radius 2 is 2.03 bits per heavy atom. The van der Waals surface area contributed by atoms with E-state index in [9.17, 15) is 14.0 Å². The smallest absolute Gasteiger partial charge is 0.244 e. The number of primary amides is 1. The van der Waals surface area contributed by atoms with E-state index < -0.39 is 11.8 Å². The Kier molecular flexibility index (Phi) is 8.39. The summed E-state index contributed by atoms with van der Waals surface area (Å²) < 4.78 is 14.7. The topological polar surface area (TPSA) is 90.0 Å². The highest BCUT2D eigenvalue weighted by atomic mass is 35.5. The number of halogens is 2. The van der Waals surface area contributed by atoms with Crippen LogP contribution in [0.4, 0.5) is 4.39 Å². The van der Waals surface area contributed by atoms with Gasteiger partial charge in [0, 0.05) is 24.7 Å². The molecule has 2 amide bonds. The lowest BCUT2D eigenvalue weighted by molar-refractivity contribution is -0.122. The van der Waals surface area contributed by atoms with Gasteiger partial charge in [-0.05, 0) is 43.5 Å². The Balaban J connectivity index is 1.96. The Bertz CT molecular complexity index is 878. The maximum absolute atomic E-state index is 13.0. The van der Waals surface area contributed by atoms with Crippen molar-refractivity contribution in [1.82, 2.24) is 15.1 Å². The molecule has 3 N–H and O–H groups in total. The Morgan fingerprint density at radius 1 is 1.34 bits per heavy atom. The van der Waals surface area contributed by atoms with Gasteiger partial charge < -0.3 is 11.1 Å². The van der Waals surface area contributed by atoms with E-state index in [0.29, 0.717) is 17.1 Å². The number of rotatable bonds is 10. The second-order valence-electron chi connectivity index (χ2n) is 6.87. The molecule has 1 aromatic heterocycles. The molecule has 0 spiro atoms. The monoisotopic (exact) mass is 420 g/mol. The summed E-state index contributed by atoms with van der Waals surface area (Å²) in [6.07, 6.45) is 5.28. The van der Waals surface area contributed by atoms with Crippen molar-refractivity contribution >= 4 is 29.5 Å². The Hall–Kier alpha value is -2.67. The first-order valence-corrected chi connectivity index (χ1v) is 9.92. The number of aryl methyl sites for hydroxylation is 2. The van der Waals surface area contributed by atoms with E-state index in [1.807, 2.05) is 6.92 Å². The molecule has 156 valence electrons. The maximum Gasteiger partial charge on any atom is 0.244 e. The van der Waals surface area contributed by atoms with Crippen LogP contribution in [0, 0.1) is 18.7 Å². The molecule has 0 aliphatic rings. The lowest BCUT2D eigenvalue weighted by atomic mass is 9.98. The zero-order valence-electron chi connectivity index (χ0n) is 16.6. The Morgan fingerprint density at radius 3 is 2.66 bits per heavy atom. The molecule has 1 heterocycles. The molecule has 0 saturated carbocycles. The number of amides is 2. The van der Waals surface area contributed by atoms with Crippen LogP contribution < -0.4 is 11.1 Å². The van der Waals surface area contributed by atoms with Crippen molar-refractivity contribution < 1.29 is 14.0 Å². The van der Waals surface area contributed by atoms with Crippen LogP contribution in [0.2, 0.25) is 5.15 Å². The quantitative estimate of drug-likeness (QED) is 0.578. The normalized spacial score (nSPS) is 12.3. The van der Waals surface area contributed by atoms with Crippen LogP contribution in [0.5, 0.6) is 0 Å². The fourth-order valence-corrected chi connectivity index (χ4v) is 3.15. The van der Waals surface area contributed by atoms with Crippen LogP contribution in [0.1, 0.15) is 36.6 Å². The Labute approximate surface area is 174 Å². The summed E-state index contributed by atoms with van der Waals surface area (Å²) in [7, 11) is 0. The maximum atomic E-state index is 13.0. The number of carbonyl (C=O) groups excluding carboxylic acids is 2. The van der Waals surface area contributed by atoms with E-state index in [2.05, 4.69) is 17.3 Å². The van der Waals surface area contributed by atoms with Crippen LogP contribution in [0.15, 0.2) is 30.3 Å². The summed E-state index contributed by atoms with van der Waals surface area (Å²) in [5.74, 6) is -1.85. The molecule has 0 aliphatic carbocycles. The molecule has 29 heavy (non-hydrogen) atoms. The molecule has 1 atom stereocenters. The molecule has 0 aliphatic heterocycles. The van der Waals surface area contributed by atoms with Gasteiger partial charge in [0.25, 0.3) is 0 Å². The largest absolute Gasteiger partial charge is 0.369 e. The number of benzene rings is 1. The summed E-state index contributed by atoms with van der Waals surface area (Å²) in [4.78, 5) is 23.9. The molecule has 1 aromatic carbocycles. The first-order chi connectivity index (χ1) is 13.8. The van der Waals surface area contributed by atoms with Gasteiger partial charge in [-0.15, -0.1) is 0 Å². The third kappa shape index (κ3) is 6.71. The molecule has 0 bridgehead atoms. The molecule has 1 unspecified atom stereocenters. The summed E-state index contributed by atoms with van der Waals surface area (Å²) in [5.41, 5.74) is 7.63. The van der Waals surface area contributed by atoms with Gasteiger partial charge in [-0.1, -0.05) is 37.1 Å². The fourth-order valence-electron chi connectivity index (χ4n) is 2.83. The lowest BCUT2D eigenvalue weighted by Crippen LogP contribution is -2.36. The number of nitrogens with one attached hydrogen (secondary N) is 1. The SMILES string of the molecule is CCCCn1nc(C)c(/C=C/C(=O)NCC(Cc2ccc(F)cc2)C(N)=O)c1Cl. The number of nitrogens with two attached hydrogens (primary N) is 1. The second-order valence-corrected chi connectivity index (χ2v) is 7.23. The highest BCUT2D eigenvalue weighted by Crippen LogP contribution is 2.21. The van der Waals surface area contributed by atoms with Gasteiger partial charge in [0.2, 0.25) is 11.8 Å². The average Bonchev–Trinajstić information content (AvgIpc) is 2.96. The number of nitrogens with zero attached hydrogens (tertiary/aromatic N) is 2. The summed E-state index contributed by atoms with van der Waals surface area (Å²) >= 11 is 6.35. The molecule has 0 fully saturated rings. The molecular weight excluding hydrogens is 395 g/mol. The third-order valence-corrected chi connectivity index (χ3v) is 4.95. The minimum atomic E-state index is -0.597. The van der Waals surface area contributed by atoms with Crippen molar-refractivity contribution in [2.75, 3.05) is 6.54 Å². The molecule has 6 nitrogen and oxygen atoms in total. The number of unbranched alkanes of at least 4 members (excludes halogenated alkanes) is 1. The van der Waals surface area contributed by atoms with Crippen molar-refractivity contribution in [3.8, 4) is 0 Å². The van der Waals surface area contributed by atoms with Crippen LogP contribution >= 0.6 is 11.6 Å². The van der Waals surface area contributed by atoms with Crippen LogP contribution in [-0.2, 0) is 22.6 Å². The number of carbonyl (C=O) groups is 2. The predicted octanol–water partition coefficient (Wildman–Crippen LogP) is 3.26. The van der Waals surface area contributed by atoms with Gasteiger partial charge in [-0.3, -0.25) is 14.3 Å². The van der Waals surface area contributed by atoms with Crippen molar-refractivity contribution in [3.05, 3.63) is 58.1 Å². The molecule has 0 saturated heterocycles. The van der Waals surface area contributed by atoms with Crippen LogP contribution in [0.25, 0.3) is 6.08 Å². The van der Waals surface area contributed by atoms with Gasteiger partial charge >= 0.3 is 0 Å². The first kappa shape index (κ1) is 22.6. The summed E-state index contributed by atoms with van der Waals surface area (Å²) in [6.45, 7) is 4.72. The molecule has 8 heteroatoms. The van der Waals surface area contributed by atoms with Gasteiger partial charge in [0.1, 0.15) is 11.0 Å². The van der Waals surface area contributed by atoms with Crippen molar-refractivity contribution in [2.45, 2.75) is 39.7 Å². The van der Waals surface area contributed by atoms with Gasteiger partial charge in [0.15, 0.2) is 0 Å². The average molecular weight is 421 g/mol. The van der Waals surface area contributed by atoms with E-state index >= 15 is 0 Å². The zero-order valence-corrected chi connectivity index (χ0v) is 17.4. The standard InChI is InChI=1S/C21H26ClFN4O2/c1-3-4-11-27-20(22)18(14(2)26-27)9-10-19(28)25-13-16(21(24)29)12-15-5-7-17(23)8-6-15/h5-10,16H,3-4,11-13H2,1-2H3,(H2,24,29)(H,25,28)/b10-9+. The van der Waals surface area contributed by atoms with Gasteiger partial charge in [-0.25, -0.2) is 4.39 Å². The minimum absolute atomic E-state index is 0.0817. The highest BCUT2D eigenvalue weighted by molar-refractivity contribution is 6.31. The van der Waals surface area contributed by atoms with E-state index in [0.717, 1.165) is 30.6 Å². The highest BCUT2D eigenvalue weighted by Gasteiger charge is 2.17. The second kappa shape index (κ2) is 10.8. The van der Waals surface area contributed by atoms with E-state index in [1.54, 1.807) is 22.9 Å². The molecule has 2 rings (SSSR count). The number of aromatic nitrogens is 2. The number of hydrogen-bond donors (Lipinski definition) is 2. The molecule has 0 radical (unpaired) electrons. The van der Waals surface area contributed by atoms with E-state index in [4.69, 9.17) is 17.3 Å². The van der Waals surface area contributed by atoms with E-state index in [1.165, 1.54) is 18.2 Å². The van der Waals surface area contributed by atoms with Crippen molar-refractivity contribution in [2.24, 2.45) is 11.7 Å².